The van der Waals surface area contributed by atoms with Crippen LogP contribution in [0.5, 0.6) is 0 Å². The van der Waals surface area contributed by atoms with Crippen LogP contribution in [0.4, 0.5) is 0 Å². The first-order valence-electron chi connectivity index (χ1n) is 12.8. The van der Waals surface area contributed by atoms with Gasteiger partial charge in [0.05, 0.1) is 35.7 Å². The molecule has 0 aliphatic rings. The van der Waals surface area contributed by atoms with Gasteiger partial charge in [-0.1, -0.05) is 41.5 Å². The fourth-order valence-electron chi connectivity index (χ4n) is 2.84. The molecule has 0 fully saturated rings. The second-order valence-corrected chi connectivity index (χ2v) is 8.63. The van der Waals surface area contributed by atoms with Crippen LogP contribution >= 0.6 is 0 Å². The fraction of sp³-hybridized carbons (Fsp3) is 0.769. The number of Topliss-reactive ketones (excluding diaryl/α,β-unsaturated/α-hetero) is 3. The number of carbonyl (C=O) groups is 6. The van der Waals surface area contributed by atoms with Crippen molar-refractivity contribution in [3.63, 3.8) is 0 Å². The molecule has 10 nitrogen and oxygen atoms in total. The molecule has 212 valence electrons. The molecule has 0 radical (unpaired) electrons. The Balaban J connectivity index is -0.000000205. The zero-order chi connectivity index (χ0) is 30.0. The van der Waals surface area contributed by atoms with Crippen molar-refractivity contribution in [1.29, 1.82) is 0 Å². The minimum absolute atomic E-state index is 0.213. The van der Waals surface area contributed by atoms with Crippen molar-refractivity contribution in [3.05, 3.63) is 0 Å². The van der Waals surface area contributed by atoms with Crippen molar-refractivity contribution in [2.75, 3.05) is 6.61 Å². The van der Waals surface area contributed by atoms with Crippen LogP contribution in [0.15, 0.2) is 0 Å². The van der Waals surface area contributed by atoms with Gasteiger partial charge in [0.1, 0.15) is 17.3 Å². The van der Waals surface area contributed by atoms with E-state index in [2.05, 4.69) is 2.81 Å². The predicted octanol–water partition coefficient (Wildman–Crippen LogP) is 0.880. The van der Waals surface area contributed by atoms with Gasteiger partial charge in [0.25, 0.3) is 0 Å². The van der Waals surface area contributed by atoms with Gasteiger partial charge in [-0.3, -0.25) is 14.4 Å². The molecular weight excluding hydrogens is 564 g/mol. The molecule has 0 rings (SSSR count). The van der Waals surface area contributed by atoms with Crippen LogP contribution in [0, 0.1) is 17.8 Å². The zero-order valence-electron chi connectivity index (χ0n) is 23.4. The molecule has 0 spiro atoms. The molecule has 0 saturated heterocycles. The summed E-state index contributed by atoms with van der Waals surface area (Å²) in [6.45, 7) is 13.4. The van der Waals surface area contributed by atoms with Gasteiger partial charge in [-0.15, -0.1) is 0 Å². The Kier molecular flexibility index (Phi) is 33.0. The molecule has 0 aromatic heterocycles. The summed E-state index contributed by atoms with van der Waals surface area (Å²) in [5, 5.41) is 30.9. The Morgan fingerprint density at radius 2 is 0.730 bits per heavy atom. The number of carboxylic acids is 3. The quantitative estimate of drug-likeness (QED) is 0.228. The number of rotatable bonds is 16. The third kappa shape index (κ3) is 24.4. The van der Waals surface area contributed by atoms with Crippen LogP contribution in [0.2, 0.25) is 0 Å². The number of aliphatic carboxylic acids is 3. The van der Waals surface area contributed by atoms with E-state index in [0.717, 1.165) is 6.61 Å². The third-order valence-electron chi connectivity index (χ3n) is 4.88. The molecule has 3 atom stereocenters. The van der Waals surface area contributed by atoms with E-state index >= 15 is 0 Å². The molecule has 0 aliphatic heterocycles. The molecular formula is C26H44O10Zr. The average molecular weight is 608 g/mol. The Labute approximate surface area is 237 Å². The first-order chi connectivity index (χ1) is 17.3. The molecule has 3 unspecified atom stereocenters. The van der Waals surface area contributed by atoms with E-state index in [1.165, 1.54) is 25.2 Å². The van der Waals surface area contributed by atoms with E-state index in [-0.39, 0.29) is 17.3 Å². The average Bonchev–Trinajstić information content (AvgIpc) is 2.81. The van der Waals surface area contributed by atoms with Gasteiger partial charge in [-0.2, -0.15) is 0 Å². The maximum atomic E-state index is 11.0. The number of carbonyl (C=O) groups excluding carboxylic acids is 6. The Morgan fingerprint density at radius 1 is 0.541 bits per heavy atom. The Hall–Kier alpha value is -1.74. The van der Waals surface area contributed by atoms with Crippen molar-refractivity contribution in [1.82, 2.24) is 0 Å². The van der Waals surface area contributed by atoms with E-state index in [0.29, 0.717) is 57.8 Å². The molecule has 0 bridgehead atoms. The molecule has 0 aromatic carbocycles. The molecule has 0 saturated carbocycles. The first-order valence-corrected chi connectivity index (χ1v) is 13.8. The maximum absolute atomic E-state index is 11.0. The van der Waals surface area contributed by atoms with Crippen molar-refractivity contribution in [3.8, 4) is 0 Å². The van der Waals surface area contributed by atoms with Gasteiger partial charge in [-0.25, -0.2) is 0 Å². The monoisotopic (exact) mass is 606 g/mol. The topological polar surface area (TPSA) is 181 Å². The second-order valence-electron chi connectivity index (χ2n) is 7.92. The summed E-state index contributed by atoms with van der Waals surface area (Å²) < 4.78 is 4.63. The molecule has 0 N–H and O–H groups in total. The number of ketones is 3. The summed E-state index contributed by atoms with van der Waals surface area (Å²) in [5.74, 6) is -7.05. The predicted molar refractivity (Wildman–Crippen MR) is 128 cm³/mol. The summed E-state index contributed by atoms with van der Waals surface area (Å²) in [6, 6.07) is 0. The molecule has 0 heterocycles. The van der Waals surface area contributed by atoms with Gasteiger partial charge < -0.3 is 29.7 Å². The first kappa shape index (κ1) is 42.4. The molecule has 37 heavy (non-hydrogen) atoms. The van der Waals surface area contributed by atoms with E-state index < -0.39 is 35.7 Å². The van der Waals surface area contributed by atoms with Crippen molar-refractivity contribution in [2.45, 2.75) is 106 Å². The van der Waals surface area contributed by atoms with Crippen LogP contribution in [-0.2, 0) is 56.7 Å². The van der Waals surface area contributed by atoms with Crippen LogP contribution in [-0.4, -0.2) is 41.9 Å². The minimum atomic E-state index is -1.24. The summed E-state index contributed by atoms with van der Waals surface area (Å²) in [4.78, 5) is 63.9. The molecule has 0 aromatic rings. The van der Waals surface area contributed by atoms with Gasteiger partial charge in [0.2, 0.25) is 0 Å². The number of carboxylic acid groups (broad SMARTS) is 3. The van der Waals surface area contributed by atoms with Crippen LogP contribution in [0.3, 0.4) is 0 Å². The summed E-state index contributed by atoms with van der Waals surface area (Å²) in [5.41, 5.74) is 0. The van der Waals surface area contributed by atoms with Gasteiger partial charge >= 0.3 is 41.5 Å². The van der Waals surface area contributed by atoms with Gasteiger partial charge in [0, 0.05) is 19.3 Å². The third-order valence-corrected chi connectivity index (χ3v) is 5.59. The van der Waals surface area contributed by atoms with E-state index in [1.54, 1.807) is 20.8 Å². The van der Waals surface area contributed by atoms with E-state index in [4.69, 9.17) is 0 Å². The second kappa shape index (κ2) is 28.8. The normalized spacial score (nSPS) is 12.0. The summed E-state index contributed by atoms with van der Waals surface area (Å²) >= 11 is 1.17. The number of hydrogen-bond acceptors (Lipinski definition) is 10. The van der Waals surface area contributed by atoms with Gasteiger partial charge in [-0.05, 0) is 38.5 Å². The van der Waals surface area contributed by atoms with Crippen molar-refractivity contribution in [2.24, 2.45) is 17.8 Å². The van der Waals surface area contributed by atoms with Crippen LogP contribution in [0.25, 0.3) is 0 Å². The molecule has 0 amide bonds. The standard InChI is InChI=1S/3C8H14O3.C2H5O.Zr/c3*1-3-5-7(9)6(4-2)8(10)11;1-2-3;/h3*6H,3-5H2,1-2H3,(H,10,11);2H2,1H3;/q;;;-1;+4/p-3. The SMILES string of the molecule is CCCC(=O)C(CC)C(=O)[O-].CCCC(=O)C(CC)C(=O)[O-].CCCC(=O)C(CC)C(=O)[O-].CC[O][Zr+3]. The molecule has 0 aliphatic carbocycles. The van der Waals surface area contributed by atoms with E-state index in [1.807, 2.05) is 27.7 Å². The number of hydrogen-bond donors (Lipinski definition) is 0. The van der Waals surface area contributed by atoms with Crippen LogP contribution in [0.1, 0.15) is 106 Å². The summed E-state index contributed by atoms with van der Waals surface area (Å²) in [7, 11) is 0. The summed E-state index contributed by atoms with van der Waals surface area (Å²) in [6.07, 6.45) is 4.11. The van der Waals surface area contributed by atoms with Crippen molar-refractivity contribution < 1.29 is 72.1 Å². The Morgan fingerprint density at radius 3 is 0.811 bits per heavy atom. The molecule has 11 heteroatoms. The van der Waals surface area contributed by atoms with E-state index in [9.17, 15) is 44.1 Å². The van der Waals surface area contributed by atoms with Gasteiger partial charge in [0.15, 0.2) is 0 Å². The Bertz CT molecular complexity index is 576. The fourth-order valence-corrected chi connectivity index (χ4v) is 2.84. The van der Waals surface area contributed by atoms with Crippen LogP contribution < -0.4 is 15.3 Å². The zero-order valence-corrected chi connectivity index (χ0v) is 25.8. The van der Waals surface area contributed by atoms with Crippen molar-refractivity contribution >= 4 is 35.3 Å².